The van der Waals surface area contributed by atoms with Gasteiger partial charge in [0.25, 0.3) is 5.91 Å². The van der Waals surface area contributed by atoms with Crippen molar-refractivity contribution in [1.29, 1.82) is 0 Å². The molecule has 0 bridgehead atoms. The van der Waals surface area contributed by atoms with E-state index in [1.54, 1.807) is 12.1 Å². The SMILES string of the molecule is CN(C)S(=O)(=O)c1ccc(C(=O)NCC2CCN([C@H]3CCSC3)CC2)cc1. The number of likely N-dealkylation sites (tertiary alicyclic amines) is 1. The normalized spacial score (nSPS) is 22.3. The van der Waals surface area contributed by atoms with E-state index in [9.17, 15) is 13.2 Å². The van der Waals surface area contributed by atoms with Gasteiger partial charge in [0, 0.05) is 38.0 Å². The Morgan fingerprint density at radius 1 is 1.19 bits per heavy atom. The predicted octanol–water partition coefficient (Wildman–Crippen LogP) is 1.88. The van der Waals surface area contributed by atoms with E-state index < -0.39 is 10.0 Å². The molecular weight excluding hydrogens is 382 g/mol. The highest BCUT2D eigenvalue weighted by Gasteiger charge is 2.27. The number of thioether (sulfide) groups is 1. The van der Waals surface area contributed by atoms with Gasteiger partial charge in [0.05, 0.1) is 4.90 Å². The van der Waals surface area contributed by atoms with Crippen molar-refractivity contribution < 1.29 is 13.2 Å². The Balaban J connectivity index is 1.47. The summed E-state index contributed by atoms with van der Waals surface area (Å²) < 4.78 is 25.3. The number of nitrogens with zero attached hydrogens (tertiary/aromatic N) is 2. The summed E-state index contributed by atoms with van der Waals surface area (Å²) in [7, 11) is -0.480. The van der Waals surface area contributed by atoms with Crippen molar-refractivity contribution >= 4 is 27.7 Å². The first-order valence-corrected chi connectivity index (χ1v) is 12.1. The van der Waals surface area contributed by atoms with Crippen LogP contribution in [0.3, 0.4) is 0 Å². The fraction of sp³-hybridized carbons (Fsp3) is 0.632. The Kier molecular flexibility index (Phi) is 6.83. The average Bonchev–Trinajstić information content (AvgIpc) is 3.21. The molecule has 0 spiro atoms. The van der Waals surface area contributed by atoms with Crippen molar-refractivity contribution in [2.75, 3.05) is 45.2 Å². The summed E-state index contributed by atoms with van der Waals surface area (Å²) in [6.45, 7) is 2.94. The third-order valence-electron chi connectivity index (χ3n) is 5.52. The van der Waals surface area contributed by atoms with Crippen LogP contribution >= 0.6 is 11.8 Å². The molecule has 150 valence electrons. The molecule has 2 fully saturated rings. The molecule has 3 rings (SSSR count). The highest BCUT2D eigenvalue weighted by molar-refractivity contribution is 7.99. The molecule has 2 heterocycles. The number of rotatable bonds is 6. The molecule has 1 amide bonds. The fourth-order valence-corrected chi connectivity index (χ4v) is 5.82. The van der Waals surface area contributed by atoms with Crippen LogP contribution in [-0.2, 0) is 10.0 Å². The molecule has 1 aromatic rings. The number of hydrogen-bond acceptors (Lipinski definition) is 5. The third kappa shape index (κ3) is 5.04. The number of carbonyl (C=O) groups is 1. The zero-order chi connectivity index (χ0) is 19.4. The Morgan fingerprint density at radius 2 is 1.85 bits per heavy atom. The molecule has 2 saturated heterocycles. The van der Waals surface area contributed by atoms with E-state index in [2.05, 4.69) is 22.0 Å². The van der Waals surface area contributed by atoms with Gasteiger partial charge in [-0.25, -0.2) is 12.7 Å². The minimum absolute atomic E-state index is 0.140. The maximum Gasteiger partial charge on any atom is 0.251 e. The lowest BCUT2D eigenvalue weighted by atomic mass is 9.95. The first-order valence-electron chi connectivity index (χ1n) is 9.50. The average molecular weight is 412 g/mol. The Labute approximate surface area is 166 Å². The Bertz CT molecular complexity index is 736. The zero-order valence-electron chi connectivity index (χ0n) is 16.1. The summed E-state index contributed by atoms with van der Waals surface area (Å²) in [5.41, 5.74) is 0.494. The first-order chi connectivity index (χ1) is 12.9. The van der Waals surface area contributed by atoms with E-state index >= 15 is 0 Å². The summed E-state index contributed by atoms with van der Waals surface area (Å²) in [6, 6.07) is 6.88. The van der Waals surface area contributed by atoms with E-state index in [0.717, 1.165) is 32.0 Å². The standard InChI is InChI=1S/C19H29N3O3S2/c1-21(2)27(24,25)18-5-3-16(4-6-18)19(23)20-13-15-7-10-22(11-8-15)17-9-12-26-14-17/h3-6,15,17H,7-14H2,1-2H3,(H,20,23)/t17-/m0/s1. The second-order valence-electron chi connectivity index (χ2n) is 7.52. The van der Waals surface area contributed by atoms with Gasteiger partial charge < -0.3 is 5.32 Å². The zero-order valence-corrected chi connectivity index (χ0v) is 17.7. The molecule has 27 heavy (non-hydrogen) atoms. The van der Waals surface area contributed by atoms with E-state index in [-0.39, 0.29) is 10.8 Å². The summed E-state index contributed by atoms with van der Waals surface area (Å²) in [5.74, 6) is 2.93. The van der Waals surface area contributed by atoms with Crippen LogP contribution in [-0.4, -0.2) is 74.8 Å². The van der Waals surface area contributed by atoms with Crippen LogP contribution in [0.2, 0.25) is 0 Å². The third-order valence-corrected chi connectivity index (χ3v) is 8.49. The van der Waals surface area contributed by atoms with Gasteiger partial charge in [-0.1, -0.05) is 0 Å². The van der Waals surface area contributed by atoms with Crippen LogP contribution in [0.15, 0.2) is 29.2 Å². The number of benzene rings is 1. The first kappa shape index (κ1) is 20.6. The van der Waals surface area contributed by atoms with Gasteiger partial charge in [-0.05, 0) is 68.3 Å². The highest BCUT2D eigenvalue weighted by Crippen LogP contribution is 2.26. The molecule has 1 atom stereocenters. The molecule has 0 aliphatic carbocycles. The monoisotopic (exact) mass is 411 g/mol. The minimum atomic E-state index is -3.47. The van der Waals surface area contributed by atoms with Gasteiger partial charge in [0.1, 0.15) is 0 Å². The van der Waals surface area contributed by atoms with Crippen LogP contribution in [0, 0.1) is 5.92 Å². The molecule has 0 saturated carbocycles. The quantitative estimate of drug-likeness (QED) is 0.774. The van der Waals surface area contributed by atoms with Crippen molar-refractivity contribution in [3.63, 3.8) is 0 Å². The smallest absolute Gasteiger partial charge is 0.251 e. The Morgan fingerprint density at radius 3 is 2.41 bits per heavy atom. The largest absolute Gasteiger partial charge is 0.352 e. The molecule has 8 heteroatoms. The summed E-state index contributed by atoms with van der Waals surface area (Å²) >= 11 is 2.05. The second kappa shape index (κ2) is 8.94. The summed E-state index contributed by atoms with van der Waals surface area (Å²) in [4.78, 5) is 15.2. The summed E-state index contributed by atoms with van der Waals surface area (Å²) in [6.07, 6.45) is 3.56. The molecule has 2 aliphatic heterocycles. The predicted molar refractivity (Wildman–Crippen MR) is 110 cm³/mol. The summed E-state index contributed by atoms with van der Waals surface area (Å²) in [5, 5.41) is 3.01. The minimum Gasteiger partial charge on any atom is -0.352 e. The second-order valence-corrected chi connectivity index (χ2v) is 10.8. The van der Waals surface area contributed by atoms with Gasteiger partial charge in [-0.15, -0.1) is 0 Å². The van der Waals surface area contributed by atoms with Crippen molar-refractivity contribution in [1.82, 2.24) is 14.5 Å². The number of amides is 1. The number of hydrogen-bond donors (Lipinski definition) is 1. The van der Waals surface area contributed by atoms with Crippen LogP contribution in [0.25, 0.3) is 0 Å². The lowest BCUT2D eigenvalue weighted by Crippen LogP contribution is -2.43. The van der Waals surface area contributed by atoms with E-state index in [0.29, 0.717) is 18.0 Å². The molecule has 2 aliphatic rings. The number of nitrogens with one attached hydrogen (secondary N) is 1. The van der Waals surface area contributed by atoms with Crippen molar-refractivity contribution in [2.24, 2.45) is 5.92 Å². The van der Waals surface area contributed by atoms with E-state index in [1.165, 1.54) is 48.5 Å². The molecule has 0 aromatic heterocycles. The molecule has 0 radical (unpaired) electrons. The Hall–Kier alpha value is -1.09. The highest BCUT2D eigenvalue weighted by atomic mass is 32.2. The maximum absolute atomic E-state index is 12.4. The molecule has 0 unspecified atom stereocenters. The van der Waals surface area contributed by atoms with Crippen LogP contribution in [0.5, 0.6) is 0 Å². The van der Waals surface area contributed by atoms with Gasteiger partial charge in [-0.3, -0.25) is 9.69 Å². The van der Waals surface area contributed by atoms with Gasteiger partial charge >= 0.3 is 0 Å². The molecule has 6 nitrogen and oxygen atoms in total. The van der Waals surface area contributed by atoms with Gasteiger partial charge in [0.15, 0.2) is 0 Å². The van der Waals surface area contributed by atoms with Crippen molar-refractivity contribution in [3.8, 4) is 0 Å². The van der Waals surface area contributed by atoms with E-state index in [1.807, 2.05) is 0 Å². The van der Waals surface area contributed by atoms with Crippen LogP contribution < -0.4 is 5.32 Å². The number of sulfonamides is 1. The van der Waals surface area contributed by atoms with E-state index in [4.69, 9.17) is 0 Å². The van der Waals surface area contributed by atoms with Crippen LogP contribution in [0.4, 0.5) is 0 Å². The number of piperidine rings is 1. The van der Waals surface area contributed by atoms with Crippen molar-refractivity contribution in [2.45, 2.75) is 30.2 Å². The molecular formula is C19H29N3O3S2. The maximum atomic E-state index is 12.4. The van der Waals surface area contributed by atoms with Gasteiger partial charge in [0.2, 0.25) is 10.0 Å². The fourth-order valence-electron chi connectivity index (χ4n) is 3.66. The topological polar surface area (TPSA) is 69.7 Å². The number of carbonyl (C=O) groups excluding carboxylic acids is 1. The van der Waals surface area contributed by atoms with Crippen molar-refractivity contribution in [3.05, 3.63) is 29.8 Å². The van der Waals surface area contributed by atoms with Crippen LogP contribution in [0.1, 0.15) is 29.6 Å². The lowest BCUT2D eigenvalue weighted by Gasteiger charge is -2.35. The molecule has 1 aromatic carbocycles. The molecule has 1 N–H and O–H groups in total. The van der Waals surface area contributed by atoms with Gasteiger partial charge in [-0.2, -0.15) is 11.8 Å². The lowest BCUT2D eigenvalue weighted by molar-refractivity contribution is 0.0928.